The quantitative estimate of drug-likeness (QED) is 0.621. The Morgan fingerprint density at radius 3 is 2.83 bits per heavy atom. The highest BCUT2D eigenvalue weighted by atomic mass is 16.5. The molecule has 0 amide bonds. The monoisotopic (exact) mass is 408 g/mol. The lowest BCUT2D eigenvalue weighted by molar-refractivity contribution is 0.172. The molecule has 3 aromatic rings. The normalized spacial score (nSPS) is 20.2. The summed E-state index contributed by atoms with van der Waals surface area (Å²) in [5, 5.41) is 1.19. The standard InChI is InChI=1S/C23H28N4O3/c1-28-16-22-24-10-5-23(25-22)26-11-6-18(7-12-26)30-21-4-2-3-20-19(21)8-13-27(20)17-9-14-29-15-17/h2-5,8,10,13,17-18H,6-7,9,11-12,14-16H2,1H3. The third-order valence-electron chi connectivity index (χ3n) is 6.05. The number of ether oxygens (including phenoxy) is 3. The van der Waals surface area contributed by atoms with E-state index in [-0.39, 0.29) is 6.10 Å². The molecule has 2 fully saturated rings. The van der Waals surface area contributed by atoms with Crippen LogP contribution in [0.3, 0.4) is 0 Å². The van der Waals surface area contributed by atoms with Crippen LogP contribution in [0.1, 0.15) is 31.1 Å². The maximum atomic E-state index is 6.47. The number of piperidine rings is 1. The van der Waals surface area contributed by atoms with Gasteiger partial charge < -0.3 is 23.7 Å². The molecular formula is C23H28N4O3. The number of aromatic nitrogens is 3. The summed E-state index contributed by atoms with van der Waals surface area (Å²) >= 11 is 0. The first-order valence-corrected chi connectivity index (χ1v) is 10.7. The van der Waals surface area contributed by atoms with Gasteiger partial charge in [-0.3, -0.25) is 0 Å². The molecular weight excluding hydrogens is 380 g/mol. The molecule has 5 rings (SSSR count). The Morgan fingerprint density at radius 2 is 2.03 bits per heavy atom. The molecule has 0 aliphatic carbocycles. The van der Waals surface area contributed by atoms with Gasteiger partial charge in [-0.1, -0.05) is 6.07 Å². The summed E-state index contributed by atoms with van der Waals surface area (Å²) in [5.41, 5.74) is 1.23. The van der Waals surface area contributed by atoms with Gasteiger partial charge in [0.15, 0.2) is 5.82 Å². The van der Waals surface area contributed by atoms with Gasteiger partial charge in [-0.15, -0.1) is 0 Å². The molecule has 2 aliphatic heterocycles. The third-order valence-corrected chi connectivity index (χ3v) is 6.05. The van der Waals surface area contributed by atoms with Crippen LogP contribution in [0.15, 0.2) is 42.7 Å². The summed E-state index contributed by atoms with van der Waals surface area (Å²) in [6, 6.07) is 10.9. The molecule has 0 saturated carbocycles. The lowest BCUT2D eigenvalue weighted by Crippen LogP contribution is -2.38. The van der Waals surface area contributed by atoms with Gasteiger partial charge in [0.2, 0.25) is 0 Å². The van der Waals surface area contributed by atoms with E-state index in [2.05, 4.69) is 49.9 Å². The van der Waals surface area contributed by atoms with Gasteiger partial charge in [-0.25, -0.2) is 9.97 Å². The Balaban J connectivity index is 1.25. The number of anilines is 1. The van der Waals surface area contributed by atoms with Crippen LogP contribution in [0.5, 0.6) is 5.75 Å². The van der Waals surface area contributed by atoms with E-state index in [4.69, 9.17) is 14.2 Å². The molecule has 0 radical (unpaired) electrons. The number of rotatable bonds is 6. The van der Waals surface area contributed by atoms with E-state index in [1.54, 1.807) is 13.3 Å². The van der Waals surface area contributed by atoms with E-state index < -0.39 is 0 Å². The molecule has 158 valence electrons. The van der Waals surface area contributed by atoms with Crippen molar-refractivity contribution in [1.82, 2.24) is 14.5 Å². The highest BCUT2D eigenvalue weighted by Crippen LogP contribution is 2.32. The van der Waals surface area contributed by atoms with E-state index in [1.807, 2.05) is 6.07 Å². The Kier molecular flexibility index (Phi) is 5.55. The van der Waals surface area contributed by atoms with Gasteiger partial charge in [0.05, 0.1) is 18.2 Å². The number of fused-ring (bicyclic) bond motifs is 1. The molecule has 4 heterocycles. The minimum atomic E-state index is 0.213. The largest absolute Gasteiger partial charge is 0.490 e. The fourth-order valence-corrected chi connectivity index (χ4v) is 4.47. The van der Waals surface area contributed by atoms with E-state index in [0.717, 1.165) is 63.0 Å². The van der Waals surface area contributed by atoms with Crippen molar-refractivity contribution in [3.63, 3.8) is 0 Å². The molecule has 0 N–H and O–H groups in total. The predicted molar refractivity (Wildman–Crippen MR) is 115 cm³/mol. The summed E-state index contributed by atoms with van der Waals surface area (Å²) in [6.07, 6.45) is 7.20. The van der Waals surface area contributed by atoms with Crippen molar-refractivity contribution in [2.75, 3.05) is 38.3 Å². The number of nitrogens with zero attached hydrogens (tertiary/aromatic N) is 4. The Labute approximate surface area is 176 Å². The number of methoxy groups -OCH3 is 1. The van der Waals surface area contributed by atoms with Crippen LogP contribution >= 0.6 is 0 Å². The van der Waals surface area contributed by atoms with Crippen LogP contribution in [-0.4, -0.2) is 54.1 Å². The van der Waals surface area contributed by atoms with Crippen LogP contribution < -0.4 is 9.64 Å². The van der Waals surface area contributed by atoms with Gasteiger partial charge in [0.25, 0.3) is 0 Å². The second kappa shape index (κ2) is 8.62. The molecule has 0 spiro atoms. The second-order valence-corrected chi connectivity index (χ2v) is 8.00. The maximum Gasteiger partial charge on any atom is 0.156 e. The van der Waals surface area contributed by atoms with Gasteiger partial charge in [-0.2, -0.15) is 0 Å². The van der Waals surface area contributed by atoms with E-state index >= 15 is 0 Å². The van der Waals surface area contributed by atoms with E-state index in [9.17, 15) is 0 Å². The number of benzene rings is 1. The molecule has 30 heavy (non-hydrogen) atoms. The zero-order valence-electron chi connectivity index (χ0n) is 17.4. The molecule has 7 heteroatoms. The molecule has 7 nitrogen and oxygen atoms in total. The molecule has 1 unspecified atom stereocenters. The van der Waals surface area contributed by atoms with Crippen LogP contribution in [0.2, 0.25) is 0 Å². The van der Waals surface area contributed by atoms with Gasteiger partial charge in [0, 0.05) is 57.4 Å². The third kappa shape index (κ3) is 3.87. The van der Waals surface area contributed by atoms with Gasteiger partial charge >= 0.3 is 0 Å². The Morgan fingerprint density at radius 1 is 1.13 bits per heavy atom. The smallest absolute Gasteiger partial charge is 0.156 e. The summed E-state index contributed by atoms with van der Waals surface area (Å²) < 4.78 is 19.5. The molecule has 2 saturated heterocycles. The highest BCUT2D eigenvalue weighted by Gasteiger charge is 2.24. The van der Waals surface area contributed by atoms with Crippen molar-refractivity contribution >= 4 is 16.7 Å². The fraction of sp³-hybridized carbons (Fsp3) is 0.478. The molecule has 2 aromatic heterocycles. The first-order valence-electron chi connectivity index (χ1n) is 10.7. The topological polar surface area (TPSA) is 61.6 Å². The van der Waals surface area contributed by atoms with E-state index in [0.29, 0.717) is 12.6 Å². The Bertz CT molecular complexity index is 991. The summed E-state index contributed by atoms with van der Waals surface area (Å²) in [6.45, 7) is 3.92. The van der Waals surface area contributed by atoms with Crippen molar-refractivity contribution in [1.29, 1.82) is 0 Å². The average Bonchev–Trinajstić information content (AvgIpc) is 3.45. The molecule has 2 aliphatic rings. The van der Waals surface area contributed by atoms with Crippen LogP contribution in [0.25, 0.3) is 10.9 Å². The zero-order chi connectivity index (χ0) is 20.3. The molecule has 1 aromatic carbocycles. The average molecular weight is 409 g/mol. The SMILES string of the molecule is COCc1nccc(N2CCC(Oc3cccc4c3ccn4C3CCOC3)CC2)n1. The van der Waals surface area contributed by atoms with E-state index in [1.165, 1.54) is 10.9 Å². The highest BCUT2D eigenvalue weighted by molar-refractivity contribution is 5.86. The second-order valence-electron chi connectivity index (χ2n) is 8.00. The number of hydrogen-bond acceptors (Lipinski definition) is 6. The van der Waals surface area contributed by atoms with Crippen LogP contribution in [0, 0.1) is 0 Å². The van der Waals surface area contributed by atoms with Crippen molar-refractivity contribution in [3.05, 3.63) is 48.5 Å². The van der Waals surface area contributed by atoms with Gasteiger partial charge in [-0.05, 0) is 30.7 Å². The summed E-state index contributed by atoms with van der Waals surface area (Å²) in [7, 11) is 1.66. The molecule has 1 atom stereocenters. The van der Waals surface area contributed by atoms with Crippen molar-refractivity contribution in [3.8, 4) is 5.75 Å². The first kappa shape index (κ1) is 19.3. The lowest BCUT2D eigenvalue weighted by atomic mass is 10.1. The minimum absolute atomic E-state index is 0.213. The maximum absolute atomic E-state index is 6.47. The van der Waals surface area contributed by atoms with Crippen molar-refractivity contribution in [2.24, 2.45) is 0 Å². The van der Waals surface area contributed by atoms with Crippen molar-refractivity contribution in [2.45, 2.75) is 38.0 Å². The number of hydrogen-bond donors (Lipinski definition) is 0. The minimum Gasteiger partial charge on any atom is -0.490 e. The zero-order valence-corrected chi connectivity index (χ0v) is 17.4. The molecule has 0 bridgehead atoms. The first-order chi connectivity index (χ1) is 14.8. The fourth-order valence-electron chi connectivity index (χ4n) is 4.47. The summed E-state index contributed by atoms with van der Waals surface area (Å²) in [4.78, 5) is 11.2. The lowest BCUT2D eigenvalue weighted by Gasteiger charge is -2.33. The summed E-state index contributed by atoms with van der Waals surface area (Å²) in [5.74, 6) is 2.67. The van der Waals surface area contributed by atoms with Crippen molar-refractivity contribution < 1.29 is 14.2 Å². The van der Waals surface area contributed by atoms with Gasteiger partial charge in [0.1, 0.15) is 24.3 Å². The van der Waals surface area contributed by atoms with Crippen LogP contribution in [0.4, 0.5) is 5.82 Å². The predicted octanol–water partition coefficient (Wildman–Crippen LogP) is 3.59. The van der Waals surface area contributed by atoms with Crippen LogP contribution in [-0.2, 0) is 16.1 Å². The Hall–Kier alpha value is -2.64.